The third kappa shape index (κ3) is 5.31. The fourth-order valence-corrected chi connectivity index (χ4v) is 5.04. The molecule has 1 fully saturated rings. The second-order valence-electron chi connectivity index (χ2n) is 9.19. The molecule has 4 rings (SSSR count). The lowest BCUT2D eigenvalue weighted by molar-refractivity contribution is -0.123. The molecule has 3 amide bonds. The third-order valence-electron chi connectivity index (χ3n) is 7.00. The molecule has 0 unspecified atom stereocenters. The average molecular weight is 482 g/mol. The van der Waals surface area contributed by atoms with Crippen LogP contribution in [0.3, 0.4) is 0 Å². The Bertz CT molecular complexity index is 1050. The van der Waals surface area contributed by atoms with Gasteiger partial charge in [-0.05, 0) is 67.1 Å². The Kier molecular flexibility index (Phi) is 7.68. The molecule has 2 aromatic carbocycles. The summed E-state index contributed by atoms with van der Waals surface area (Å²) in [5, 5.41) is 5.99. The molecule has 0 radical (unpaired) electrons. The van der Waals surface area contributed by atoms with E-state index in [-0.39, 0.29) is 24.0 Å². The Morgan fingerprint density at radius 1 is 0.971 bits per heavy atom. The summed E-state index contributed by atoms with van der Waals surface area (Å²) in [5.74, 6) is 1.87. The van der Waals surface area contributed by atoms with Crippen molar-refractivity contribution < 1.29 is 23.8 Å². The summed E-state index contributed by atoms with van der Waals surface area (Å²) < 4.78 is 16.4. The predicted molar refractivity (Wildman–Crippen MR) is 133 cm³/mol. The Labute approximate surface area is 206 Å². The van der Waals surface area contributed by atoms with E-state index in [9.17, 15) is 9.59 Å². The Balaban J connectivity index is 1.62. The van der Waals surface area contributed by atoms with Crippen molar-refractivity contribution in [1.29, 1.82) is 0 Å². The van der Waals surface area contributed by atoms with Crippen molar-refractivity contribution in [3.05, 3.63) is 53.1 Å². The number of hydrogen-bond donors (Lipinski definition) is 2. The van der Waals surface area contributed by atoms with Gasteiger partial charge in [0.05, 0.1) is 27.4 Å². The number of benzene rings is 2. The minimum Gasteiger partial charge on any atom is -0.497 e. The van der Waals surface area contributed by atoms with Crippen LogP contribution in [0.4, 0.5) is 4.79 Å². The third-order valence-corrected chi connectivity index (χ3v) is 7.00. The first-order valence-electron chi connectivity index (χ1n) is 12.2. The smallest absolute Gasteiger partial charge is 0.318 e. The number of amides is 3. The molecule has 2 aromatic rings. The van der Waals surface area contributed by atoms with E-state index < -0.39 is 6.04 Å². The highest BCUT2D eigenvalue weighted by molar-refractivity contribution is 5.87. The van der Waals surface area contributed by atoms with Crippen molar-refractivity contribution in [2.45, 2.75) is 57.2 Å². The molecule has 0 aromatic heterocycles. The minimum absolute atomic E-state index is 0.143. The van der Waals surface area contributed by atoms with Crippen LogP contribution in [0, 0.1) is 0 Å². The SMILES string of the molecule is COc1ccc([C@H]2c3cc(OC)c(OC)cc3CCN2C(=O)N[C@H](C)C(=O)NC2CCCC2)cc1. The van der Waals surface area contributed by atoms with E-state index in [0.29, 0.717) is 24.5 Å². The van der Waals surface area contributed by atoms with Crippen molar-refractivity contribution in [3.8, 4) is 17.2 Å². The molecule has 2 N–H and O–H groups in total. The second kappa shape index (κ2) is 10.9. The molecular formula is C27H35N3O5. The maximum Gasteiger partial charge on any atom is 0.318 e. The van der Waals surface area contributed by atoms with E-state index in [1.807, 2.05) is 36.4 Å². The maximum atomic E-state index is 13.5. The van der Waals surface area contributed by atoms with E-state index in [2.05, 4.69) is 10.6 Å². The number of carbonyl (C=O) groups excluding carboxylic acids is 2. The quantitative estimate of drug-likeness (QED) is 0.628. The molecule has 1 aliphatic carbocycles. The molecule has 188 valence electrons. The fourth-order valence-electron chi connectivity index (χ4n) is 5.04. The predicted octanol–water partition coefficient (Wildman–Crippen LogP) is 3.82. The number of hydrogen-bond acceptors (Lipinski definition) is 5. The standard InChI is InChI=1S/C27H35N3O5/c1-17(26(31)29-20-7-5-6-8-20)28-27(32)30-14-13-19-15-23(34-3)24(35-4)16-22(19)25(30)18-9-11-21(33-2)12-10-18/h9-12,15-17,20,25H,5-8,13-14H2,1-4H3,(H,28,32)(H,29,31)/t17-,25+/m1/s1. The van der Waals surface area contributed by atoms with Crippen molar-refractivity contribution in [2.75, 3.05) is 27.9 Å². The van der Waals surface area contributed by atoms with Crippen LogP contribution < -0.4 is 24.8 Å². The minimum atomic E-state index is -0.633. The Morgan fingerprint density at radius 2 is 1.63 bits per heavy atom. The number of nitrogens with zero attached hydrogens (tertiary/aromatic N) is 1. The summed E-state index contributed by atoms with van der Waals surface area (Å²) in [6, 6.07) is 10.6. The van der Waals surface area contributed by atoms with Gasteiger partial charge in [-0.1, -0.05) is 25.0 Å². The summed E-state index contributed by atoms with van der Waals surface area (Å²) in [7, 11) is 4.84. The van der Waals surface area contributed by atoms with Crippen molar-refractivity contribution in [2.24, 2.45) is 0 Å². The number of ether oxygens (including phenoxy) is 3. The van der Waals surface area contributed by atoms with Crippen LogP contribution in [0.25, 0.3) is 0 Å². The van der Waals surface area contributed by atoms with Crippen LogP contribution >= 0.6 is 0 Å². The van der Waals surface area contributed by atoms with Gasteiger partial charge in [-0.3, -0.25) is 4.79 Å². The van der Waals surface area contributed by atoms with Crippen LogP contribution in [-0.2, 0) is 11.2 Å². The van der Waals surface area contributed by atoms with Crippen molar-refractivity contribution in [1.82, 2.24) is 15.5 Å². The average Bonchev–Trinajstić information content (AvgIpc) is 3.40. The molecule has 8 heteroatoms. The maximum absolute atomic E-state index is 13.5. The highest BCUT2D eigenvalue weighted by atomic mass is 16.5. The van der Waals surface area contributed by atoms with Crippen LogP contribution in [0.2, 0.25) is 0 Å². The highest BCUT2D eigenvalue weighted by Crippen LogP contribution is 2.41. The molecule has 2 aliphatic rings. The van der Waals surface area contributed by atoms with Gasteiger partial charge in [0.1, 0.15) is 11.8 Å². The first kappa shape index (κ1) is 24.7. The zero-order valence-electron chi connectivity index (χ0n) is 20.9. The molecular weight excluding hydrogens is 446 g/mol. The number of carbonyl (C=O) groups is 2. The normalized spacial score (nSPS) is 18.4. The van der Waals surface area contributed by atoms with E-state index in [1.165, 1.54) is 0 Å². The van der Waals surface area contributed by atoms with Gasteiger partial charge >= 0.3 is 6.03 Å². The lowest BCUT2D eigenvalue weighted by atomic mass is 9.87. The first-order valence-corrected chi connectivity index (χ1v) is 12.2. The summed E-state index contributed by atoms with van der Waals surface area (Å²) in [6.07, 6.45) is 4.94. The van der Waals surface area contributed by atoms with Crippen LogP contribution in [0.15, 0.2) is 36.4 Å². The number of fused-ring (bicyclic) bond motifs is 1. The number of methoxy groups -OCH3 is 3. The Morgan fingerprint density at radius 3 is 2.26 bits per heavy atom. The van der Waals surface area contributed by atoms with E-state index in [0.717, 1.165) is 48.1 Å². The van der Waals surface area contributed by atoms with Crippen LogP contribution in [0.1, 0.15) is 55.3 Å². The molecule has 0 saturated heterocycles. The molecule has 2 atom stereocenters. The molecule has 1 aliphatic heterocycles. The lowest BCUT2D eigenvalue weighted by Crippen LogP contribution is -2.53. The van der Waals surface area contributed by atoms with Gasteiger partial charge < -0.3 is 29.7 Å². The summed E-state index contributed by atoms with van der Waals surface area (Å²) in [4.78, 5) is 28.0. The van der Waals surface area contributed by atoms with E-state index in [1.54, 1.807) is 33.2 Å². The number of nitrogens with one attached hydrogen (secondary N) is 2. The highest BCUT2D eigenvalue weighted by Gasteiger charge is 2.34. The largest absolute Gasteiger partial charge is 0.497 e. The zero-order valence-corrected chi connectivity index (χ0v) is 20.9. The van der Waals surface area contributed by atoms with Gasteiger partial charge in [-0.25, -0.2) is 4.79 Å². The second-order valence-corrected chi connectivity index (χ2v) is 9.19. The van der Waals surface area contributed by atoms with Crippen molar-refractivity contribution in [3.63, 3.8) is 0 Å². The topological polar surface area (TPSA) is 89.1 Å². The van der Waals surface area contributed by atoms with Crippen LogP contribution in [-0.4, -0.2) is 56.8 Å². The molecule has 0 spiro atoms. The number of rotatable bonds is 7. The lowest BCUT2D eigenvalue weighted by Gasteiger charge is -2.38. The van der Waals surface area contributed by atoms with Crippen LogP contribution in [0.5, 0.6) is 17.2 Å². The van der Waals surface area contributed by atoms with Gasteiger partial charge in [0.15, 0.2) is 11.5 Å². The van der Waals surface area contributed by atoms with Gasteiger partial charge in [0.25, 0.3) is 0 Å². The van der Waals surface area contributed by atoms with E-state index >= 15 is 0 Å². The Hall–Kier alpha value is -3.42. The van der Waals surface area contributed by atoms with Gasteiger partial charge in [0.2, 0.25) is 5.91 Å². The molecule has 35 heavy (non-hydrogen) atoms. The summed E-state index contributed by atoms with van der Waals surface area (Å²) in [5.41, 5.74) is 3.01. The van der Waals surface area contributed by atoms with Gasteiger partial charge in [-0.15, -0.1) is 0 Å². The fraction of sp³-hybridized carbons (Fsp3) is 0.481. The monoisotopic (exact) mass is 481 g/mol. The number of urea groups is 1. The van der Waals surface area contributed by atoms with Gasteiger partial charge in [0, 0.05) is 12.6 Å². The summed E-state index contributed by atoms with van der Waals surface area (Å²) in [6.45, 7) is 2.23. The first-order chi connectivity index (χ1) is 16.9. The van der Waals surface area contributed by atoms with Gasteiger partial charge in [-0.2, -0.15) is 0 Å². The van der Waals surface area contributed by atoms with Crippen molar-refractivity contribution >= 4 is 11.9 Å². The molecule has 1 saturated carbocycles. The molecule has 0 bridgehead atoms. The molecule has 1 heterocycles. The van der Waals surface area contributed by atoms with E-state index in [4.69, 9.17) is 14.2 Å². The molecule has 8 nitrogen and oxygen atoms in total. The summed E-state index contributed by atoms with van der Waals surface area (Å²) >= 11 is 0. The zero-order chi connectivity index (χ0) is 24.9.